The Balaban J connectivity index is 3.97. The number of hydrogen-bond acceptors (Lipinski definition) is 1. The van der Waals surface area contributed by atoms with Crippen LogP contribution in [0.5, 0.6) is 0 Å². The monoisotopic (exact) mass is 223 g/mol. The van der Waals surface area contributed by atoms with Crippen molar-refractivity contribution in [2.45, 2.75) is 26.3 Å². The van der Waals surface area contributed by atoms with Gasteiger partial charge in [0, 0.05) is 5.54 Å². The maximum absolute atomic E-state index is 5.57. The van der Waals surface area contributed by atoms with Gasteiger partial charge in [-0.25, -0.2) is 4.99 Å². The van der Waals surface area contributed by atoms with Crippen LogP contribution in [0.25, 0.3) is 0 Å². The molecule has 0 spiro atoms. The minimum Gasteiger partial charge on any atom is -0.370 e. The second-order valence-corrected chi connectivity index (χ2v) is 4.60. The van der Waals surface area contributed by atoms with Crippen molar-refractivity contribution in [2.75, 3.05) is 6.54 Å². The zero-order chi connectivity index (χ0) is 10.5. The second kappa shape index (κ2) is 5.35. The summed E-state index contributed by atoms with van der Waals surface area (Å²) in [5.41, 5.74) is 5.49. The Kier molecular flexibility index (Phi) is 5.18. The van der Waals surface area contributed by atoms with Crippen molar-refractivity contribution in [2.24, 2.45) is 10.7 Å². The normalized spacial score (nSPS) is 12.5. The summed E-state index contributed by atoms with van der Waals surface area (Å²) in [5, 5.41) is 3.01. The molecule has 0 radical (unpaired) electrons. The van der Waals surface area contributed by atoms with Gasteiger partial charge < -0.3 is 11.1 Å². The fourth-order valence-electron chi connectivity index (χ4n) is 0.637. The highest BCUT2D eigenvalue weighted by molar-refractivity contribution is 6.55. The molecule has 0 rings (SSSR count). The lowest BCUT2D eigenvalue weighted by molar-refractivity contribution is 0.508. The van der Waals surface area contributed by atoms with Crippen molar-refractivity contribution < 1.29 is 0 Å². The van der Waals surface area contributed by atoms with Gasteiger partial charge in [0.25, 0.3) is 0 Å². The molecule has 76 valence electrons. The molecular formula is C8H15Cl2N3. The van der Waals surface area contributed by atoms with Gasteiger partial charge in [0.2, 0.25) is 0 Å². The molecule has 0 aliphatic carbocycles. The average molecular weight is 224 g/mol. The van der Waals surface area contributed by atoms with Gasteiger partial charge in [-0.3, -0.25) is 0 Å². The summed E-state index contributed by atoms with van der Waals surface area (Å²) in [6.45, 7) is 6.39. The molecule has 0 atom stereocenters. The molecule has 3 N–H and O–H groups in total. The molecule has 0 fully saturated rings. The van der Waals surface area contributed by atoms with E-state index in [2.05, 4.69) is 10.3 Å². The summed E-state index contributed by atoms with van der Waals surface area (Å²) in [4.78, 5) is 3.99. The minimum atomic E-state index is -0.0813. The van der Waals surface area contributed by atoms with Gasteiger partial charge in [-0.2, -0.15) is 0 Å². The number of hydrogen-bond donors (Lipinski definition) is 2. The Bertz CT molecular complexity index is 212. The van der Waals surface area contributed by atoms with Crippen molar-refractivity contribution in [1.82, 2.24) is 5.32 Å². The number of aliphatic imine (C=N–C) groups is 1. The highest BCUT2D eigenvalue weighted by Gasteiger charge is 2.08. The fraction of sp³-hybridized carbons (Fsp3) is 0.625. The summed E-state index contributed by atoms with van der Waals surface area (Å²) in [6.07, 6.45) is 1.57. The Morgan fingerprint density at radius 2 is 2.00 bits per heavy atom. The van der Waals surface area contributed by atoms with Gasteiger partial charge >= 0.3 is 0 Å². The third kappa shape index (κ3) is 9.50. The maximum Gasteiger partial charge on any atom is 0.189 e. The molecule has 0 aliphatic heterocycles. The molecule has 0 amide bonds. The van der Waals surface area contributed by atoms with Crippen molar-refractivity contribution in [3.8, 4) is 0 Å². The van der Waals surface area contributed by atoms with Crippen molar-refractivity contribution >= 4 is 29.2 Å². The van der Waals surface area contributed by atoms with Crippen LogP contribution in [0, 0.1) is 0 Å². The Labute approximate surface area is 89.0 Å². The first-order valence-corrected chi connectivity index (χ1v) is 4.66. The third-order valence-corrected chi connectivity index (χ3v) is 1.32. The van der Waals surface area contributed by atoms with E-state index < -0.39 is 0 Å². The van der Waals surface area contributed by atoms with E-state index >= 15 is 0 Å². The maximum atomic E-state index is 5.57. The van der Waals surface area contributed by atoms with Crippen LogP contribution in [0.15, 0.2) is 15.6 Å². The first-order valence-electron chi connectivity index (χ1n) is 3.90. The van der Waals surface area contributed by atoms with Crippen molar-refractivity contribution in [1.29, 1.82) is 0 Å². The van der Waals surface area contributed by atoms with Crippen LogP contribution in [-0.2, 0) is 0 Å². The molecule has 5 heteroatoms. The number of rotatable bonds is 2. The summed E-state index contributed by atoms with van der Waals surface area (Å²) in [6, 6.07) is 0. The van der Waals surface area contributed by atoms with E-state index in [9.17, 15) is 0 Å². The van der Waals surface area contributed by atoms with Crippen molar-refractivity contribution in [3.05, 3.63) is 10.6 Å². The molecule has 13 heavy (non-hydrogen) atoms. The topological polar surface area (TPSA) is 50.4 Å². The lowest BCUT2D eigenvalue weighted by atomic mass is 10.1. The largest absolute Gasteiger partial charge is 0.370 e. The highest BCUT2D eigenvalue weighted by Crippen LogP contribution is 2.04. The van der Waals surface area contributed by atoms with Gasteiger partial charge in [0.15, 0.2) is 5.96 Å². The first kappa shape index (κ1) is 12.6. The van der Waals surface area contributed by atoms with Gasteiger partial charge in [-0.15, -0.1) is 0 Å². The van der Waals surface area contributed by atoms with Crippen LogP contribution in [0.2, 0.25) is 0 Å². The van der Waals surface area contributed by atoms with Crippen LogP contribution in [-0.4, -0.2) is 18.0 Å². The summed E-state index contributed by atoms with van der Waals surface area (Å²) in [7, 11) is 0. The predicted octanol–water partition coefficient (Wildman–Crippen LogP) is 2.01. The van der Waals surface area contributed by atoms with Crippen LogP contribution in [0.1, 0.15) is 20.8 Å². The molecule has 0 bridgehead atoms. The third-order valence-electron chi connectivity index (χ3n) is 1.01. The SMILES string of the molecule is CC(C)(C)NC(N)=NCC=C(Cl)Cl. The quantitative estimate of drug-likeness (QED) is 0.556. The van der Waals surface area contributed by atoms with E-state index in [-0.39, 0.29) is 10.0 Å². The predicted molar refractivity (Wildman–Crippen MR) is 59.2 cm³/mol. The van der Waals surface area contributed by atoms with E-state index in [4.69, 9.17) is 28.9 Å². The lowest BCUT2D eigenvalue weighted by Crippen LogP contribution is -2.45. The Morgan fingerprint density at radius 1 is 1.46 bits per heavy atom. The van der Waals surface area contributed by atoms with Crippen LogP contribution >= 0.6 is 23.2 Å². The van der Waals surface area contributed by atoms with E-state index in [1.54, 1.807) is 6.08 Å². The summed E-state index contributed by atoms with van der Waals surface area (Å²) < 4.78 is 0.201. The number of halogens is 2. The molecule has 0 aromatic carbocycles. The van der Waals surface area contributed by atoms with E-state index in [1.807, 2.05) is 20.8 Å². The summed E-state index contributed by atoms with van der Waals surface area (Å²) >= 11 is 10.8. The number of nitrogens with zero attached hydrogens (tertiary/aromatic N) is 1. The van der Waals surface area contributed by atoms with Gasteiger partial charge in [0.1, 0.15) is 4.49 Å². The van der Waals surface area contributed by atoms with Crippen LogP contribution in [0.3, 0.4) is 0 Å². The zero-order valence-corrected chi connectivity index (χ0v) is 9.58. The summed E-state index contributed by atoms with van der Waals surface area (Å²) in [5.74, 6) is 0.387. The molecule has 0 aromatic heterocycles. The highest BCUT2D eigenvalue weighted by atomic mass is 35.5. The van der Waals surface area contributed by atoms with Crippen LogP contribution < -0.4 is 11.1 Å². The van der Waals surface area contributed by atoms with E-state index in [0.29, 0.717) is 12.5 Å². The number of nitrogens with one attached hydrogen (secondary N) is 1. The smallest absolute Gasteiger partial charge is 0.189 e. The van der Waals surface area contributed by atoms with Gasteiger partial charge in [0.05, 0.1) is 6.54 Å². The molecule has 0 aliphatic rings. The second-order valence-electron chi connectivity index (χ2n) is 3.59. The van der Waals surface area contributed by atoms with Crippen LogP contribution in [0.4, 0.5) is 0 Å². The molecule has 0 saturated heterocycles. The molecule has 0 heterocycles. The van der Waals surface area contributed by atoms with E-state index in [1.165, 1.54) is 0 Å². The number of nitrogens with two attached hydrogens (primary N) is 1. The molecular weight excluding hydrogens is 209 g/mol. The molecule has 0 unspecified atom stereocenters. The molecule has 0 saturated carbocycles. The van der Waals surface area contributed by atoms with Gasteiger partial charge in [-0.05, 0) is 26.8 Å². The minimum absolute atomic E-state index is 0.0813. The number of guanidine groups is 1. The average Bonchev–Trinajstić information content (AvgIpc) is 1.81. The standard InChI is InChI=1S/C8H15Cl2N3/c1-8(2,3)13-7(11)12-5-4-6(9)10/h4H,5H2,1-3H3,(H3,11,12,13). The van der Waals surface area contributed by atoms with E-state index in [0.717, 1.165) is 0 Å². The Morgan fingerprint density at radius 3 is 2.38 bits per heavy atom. The van der Waals surface area contributed by atoms with Gasteiger partial charge in [-0.1, -0.05) is 23.2 Å². The molecule has 3 nitrogen and oxygen atoms in total. The first-order chi connectivity index (χ1) is 5.81. The van der Waals surface area contributed by atoms with Crippen molar-refractivity contribution in [3.63, 3.8) is 0 Å². The molecule has 0 aromatic rings. The fourth-order valence-corrected chi connectivity index (χ4v) is 0.775. The Hall–Kier alpha value is -0.410. The zero-order valence-electron chi connectivity index (χ0n) is 8.06. The lowest BCUT2D eigenvalue weighted by Gasteiger charge is -2.20.